The van der Waals surface area contributed by atoms with Crippen LogP contribution in [-0.2, 0) is 6.42 Å². The fourth-order valence-corrected chi connectivity index (χ4v) is 2.36. The summed E-state index contributed by atoms with van der Waals surface area (Å²) in [4.78, 5) is 0. The molecule has 2 aromatic rings. The van der Waals surface area contributed by atoms with Crippen LogP contribution in [0.4, 0.5) is 0 Å². The van der Waals surface area contributed by atoms with Crippen molar-refractivity contribution in [3.63, 3.8) is 0 Å². The molecule has 0 saturated heterocycles. The molecule has 0 saturated carbocycles. The van der Waals surface area contributed by atoms with Gasteiger partial charge in [-0.25, -0.2) is 0 Å². The number of benzene rings is 2. The van der Waals surface area contributed by atoms with Crippen LogP contribution in [0.2, 0.25) is 5.02 Å². The Balaban J connectivity index is 2.30. The van der Waals surface area contributed by atoms with Crippen molar-refractivity contribution in [1.82, 2.24) is 0 Å². The quantitative estimate of drug-likeness (QED) is 0.830. The maximum Gasteiger partial charge on any atom is 0.132 e. The molecule has 106 valence electrons. The van der Waals surface area contributed by atoms with Gasteiger partial charge in [-0.05, 0) is 42.7 Å². The molecule has 0 unspecified atom stereocenters. The van der Waals surface area contributed by atoms with Crippen molar-refractivity contribution in [2.24, 2.45) is 5.73 Å². The van der Waals surface area contributed by atoms with E-state index in [1.165, 1.54) is 0 Å². The van der Waals surface area contributed by atoms with Gasteiger partial charge in [0.05, 0.1) is 0 Å². The normalized spacial score (nSPS) is 12.2. The monoisotopic (exact) mass is 289 g/mol. The Morgan fingerprint density at radius 2 is 1.90 bits per heavy atom. The minimum Gasteiger partial charge on any atom is -0.457 e. The van der Waals surface area contributed by atoms with E-state index in [1.54, 1.807) is 0 Å². The molecule has 1 atom stereocenters. The zero-order valence-corrected chi connectivity index (χ0v) is 12.7. The molecule has 0 amide bonds. The lowest BCUT2D eigenvalue weighted by Crippen LogP contribution is -2.09. The number of hydrogen-bond donors (Lipinski definition) is 1. The summed E-state index contributed by atoms with van der Waals surface area (Å²) in [5, 5.41) is 0.776. The molecule has 0 aliphatic carbocycles. The summed E-state index contributed by atoms with van der Waals surface area (Å²) in [6, 6.07) is 13.6. The van der Waals surface area contributed by atoms with E-state index in [0.717, 1.165) is 40.5 Å². The second kappa shape index (κ2) is 6.78. The summed E-state index contributed by atoms with van der Waals surface area (Å²) in [6.45, 7) is 4.14. The molecule has 0 fully saturated rings. The number of halogens is 1. The summed E-state index contributed by atoms with van der Waals surface area (Å²) < 4.78 is 5.99. The second-order valence-electron chi connectivity index (χ2n) is 4.76. The lowest BCUT2D eigenvalue weighted by molar-refractivity contribution is 0.468. The van der Waals surface area contributed by atoms with Crippen LogP contribution in [0.1, 0.15) is 37.4 Å². The number of aryl methyl sites for hydroxylation is 1. The van der Waals surface area contributed by atoms with Gasteiger partial charge < -0.3 is 10.5 Å². The smallest absolute Gasteiger partial charge is 0.132 e. The fourth-order valence-electron chi connectivity index (χ4n) is 2.11. The Morgan fingerprint density at radius 1 is 1.15 bits per heavy atom. The molecule has 20 heavy (non-hydrogen) atoms. The van der Waals surface area contributed by atoms with Gasteiger partial charge >= 0.3 is 0 Å². The van der Waals surface area contributed by atoms with E-state index in [1.807, 2.05) is 42.5 Å². The Morgan fingerprint density at radius 3 is 2.60 bits per heavy atom. The number of hydrogen-bond acceptors (Lipinski definition) is 2. The average molecular weight is 290 g/mol. The third-order valence-corrected chi connectivity index (χ3v) is 3.75. The molecule has 0 aromatic heterocycles. The molecule has 0 aliphatic rings. The molecule has 0 aliphatic heterocycles. The van der Waals surface area contributed by atoms with Gasteiger partial charge in [-0.15, -0.1) is 0 Å². The highest BCUT2D eigenvalue weighted by molar-refractivity contribution is 6.31. The van der Waals surface area contributed by atoms with Crippen molar-refractivity contribution in [1.29, 1.82) is 0 Å². The SMILES string of the molecule is CCc1cc(Oc2ccccc2[C@@H](N)CC)ccc1Cl. The van der Waals surface area contributed by atoms with Crippen LogP contribution in [-0.4, -0.2) is 0 Å². The third kappa shape index (κ3) is 3.33. The van der Waals surface area contributed by atoms with Crippen LogP contribution >= 0.6 is 11.6 Å². The maximum absolute atomic E-state index is 6.13. The van der Waals surface area contributed by atoms with Crippen molar-refractivity contribution in [3.8, 4) is 11.5 Å². The highest BCUT2D eigenvalue weighted by atomic mass is 35.5. The first-order valence-electron chi connectivity index (χ1n) is 6.96. The summed E-state index contributed by atoms with van der Waals surface area (Å²) >= 11 is 6.13. The average Bonchev–Trinajstić information content (AvgIpc) is 2.49. The topological polar surface area (TPSA) is 35.2 Å². The molecule has 2 rings (SSSR count). The summed E-state index contributed by atoms with van der Waals surface area (Å²) in [7, 11) is 0. The summed E-state index contributed by atoms with van der Waals surface area (Å²) in [5.41, 5.74) is 8.24. The first-order chi connectivity index (χ1) is 9.65. The Hall–Kier alpha value is -1.51. The number of para-hydroxylation sites is 1. The van der Waals surface area contributed by atoms with E-state index in [9.17, 15) is 0 Å². The fraction of sp³-hybridized carbons (Fsp3) is 0.294. The highest BCUT2D eigenvalue weighted by Gasteiger charge is 2.11. The molecule has 2 N–H and O–H groups in total. The van der Waals surface area contributed by atoms with Crippen molar-refractivity contribution < 1.29 is 4.74 Å². The molecule has 0 heterocycles. The Bertz CT molecular complexity index is 583. The first kappa shape index (κ1) is 14.9. The third-order valence-electron chi connectivity index (χ3n) is 3.38. The van der Waals surface area contributed by atoms with Gasteiger partial charge in [0, 0.05) is 16.6 Å². The number of ether oxygens (including phenoxy) is 1. The highest BCUT2D eigenvalue weighted by Crippen LogP contribution is 2.31. The second-order valence-corrected chi connectivity index (χ2v) is 5.17. The van der Waals surface area contributed by atoms with Gasteiger partial charge in [-0.1, -0.05) is 43.6 Å². The van der Waals surface area contributed by atoms with Crippen molar-refractivity contribution in [2.75, 3.05) is 0 Å². The summed E-state index contributed by atoms with van der Waals surface area (Å²) in [5.74, 6) is 1.60. The lowest BCUT2D eigenvalue weighted by atomic mass is 10.0. The van der Waals surface area contributed by atoms with Crippen LogP contribution < -0.4 is 10.5 Å². The van der Waals surface area contributed by atoms with Crippen LogP contribution in [0.25, 0.3) is 0 Å². The molecular formula is C17H20ClNO. The van der Waals surface area contributed by atoms with Crippen molar-refractivity contribution in [2.45, 2.75) is 32.7 Å². The minimum absolute atomic E-state index is 0.0101. The predicted molar refractivity (Wildman–Crippen MR) is 84.6 cm³/mol. The van der Waals surface area contributed by atoms with Gasteiger partial charge in [0.1, 0.15) is 11.5 Å². The maximum atomic E-state index is 6.13. The lowest BCUT2D eigenvalue weighted by Gasteiger charge is -2.16. The largest absolute Gasteiger partial charge is 0.457 e. The first-order valence-corrected chi connectivity index (χ1v) is 7.34. The molecule has 0 spiro atoms. The van der Waals surface area contributed by atoms with E-state index in [-0.39, 0.29) is 6.04 Å². The van der Waals surface area contributed by atoms with Gasteiger partial charge in [-0.2, -0.15) is 0 Å². The van der Waals surface area contributed by atoms with Crippen molar-refractivity contribution in [3.05, 3.63) is 58.6 Å². The van der Waals surface area contributed by atoms with Crippen LogP contribution in [0.5, 0.6) is 11.5 Å². The van der Waals surface area contributed by atoms with E-state index in [2.05, 4.69) is 13.8 Å². The number of rotatable bonds is 5. The van der Waals surface area contributed by atoms with E-state index >= 15 is 0 Å². The van der Waals surface area contributed by atoms with Gasteiger partial charge in [0.25, 0.3) is 0 Å². The summed E-state index contributed by atoms with van der Waals surface area (Å²) in [6.07, 6.45) is 1.76. The van der Waals surface area contributed by atoms with Gasteiger partial charge in [0.15, 0.2) is 0 Å². The molecular weight excluding hydrogens is 270 g/mol. The van der Waals surface area contributed by atoms with E-state index < -0.39 is 0 Å². The molecule has 2 aromatic carbocycles. The zero-order chi connectivity index (χ0) is 14.5. The standard InChI is InChI=1S/C17H20ClNO/c1-3-12-11-13(9-10-15(12)18)20-17-8-6-5-7-14(17)16(19)4-2/h5-11,16H,3-4,19H2,1-2H3/t16-/m0/s1. The van der Waals surface area contributed by atoms with Gasteiger partial charge in [-0.3, -0.25) is 0 Å². The van der Waals surface area contributed by atoms with Crippen molar-refractivity contribution >= 4 is 11.6 Å². The molecule has 0 bridgehead atoms. The predicted octanol–water partition coefficient (Wildman–Crippen LogP) is 5.10. The molecule has 0 radical (unpaired) electrons. The van der Waals surface area contributed by atoms with Crippen LogP contribution in [0.15, 0.2) is 42.5 Å². The molecule has 2 nitrogen and oxygen atoms in total. The van der Waals surface area contributed by atoms with Crippen LogP contribution in [0, 0.1) is 0 Å². The van der Waals surface area contributed by atoms with E-state index in [4.69, 9.17) is 22.1 Å². The Labute approximate surface area is 125 Å². The number of nitrogens with two attached hydrogens (primary N) is 1. The minimum atomic E-state index is -0.0101. The van der Waals surface area contributed by atoms with Gasteiger partial charge in [0.2, 0.25) is 0 Å². The van der Waals surface area contributed by atoms with Crippen LogP contribution in [0.3, 0.4) is 0 Å². The molecule has 3 heteroatoms. The van der Waals surface area contributed by atoms with E-state index in [0.29, 0.717) is 0 Å². The Kier molecular flexibility index (Phi) is 5.05. The zero-order valence-electron chi connectivity index (χ0n) is 11.9.